The van der Waals surface area contributed by atoms with Crippen LogP contribution in [0.4, 0.5) is 5.69 Å². The van der Waals surface area contributed by atoms with Crippen LogP contribution in [0.1, 0.15) is 28.9 Å². The summed E-state index contributed by atoms with van der Waals surface area (Å²) in [4.78, 5) is 18.7. The van der Waals surface area contributed by atoms with Crippen molar-refractivity contribution in [3.05, 3.63) is 35.0 Å². The Bertz CT molecular complexity index is 889. The standard InChI is InChI=1S/C17H17N7O2S/c18-4-6-21-22-14-11-27-23-16(14)17(25)24-7-1-2-13(10-24)26-15-8-12(9-19)3-5-20-15/h3-6,8,11,13,18,22H,1-2,7,10H2/b18-4?,21-6-/t13-/m1/s1. The van der Waals surface area contributed by atoms with Gasteiger partial charge >= 0.3 is 0 Å². The highest BCUT2D eigenvalue weighted by Gasteiger charge is 2.28. The number of hydrogen-bond acceptors (Lipinski definition) is 9. The van der Waals surface area contributed by atoms with E-state index < -0.39 is 0 Å². The number of aromatic nitrogens is 2. The Kier molecular flexibility index (Phi) is 6.06. The molecule has 0 unspecified atom stereocenters. The molecule has 1 amide bonds. The lowest BCUT2D eigenvalue weighted by Crippen LogP contribution is -2.44. The molecule has 27 heavy (non-hydrogen) atoms. The molecule has 9 nitrogen and oxygen atoms in total. The topological polar surface area (TPSA) is 127 Å². The molecule has 0 aromatic carbocycles. The Labute approximate surface area is 160 Å². The summed E-state index contributed by atoms with van der Waals surface area (Å²) in [6.45, 7) is 1.03. The van der Waals surface area contributed by atoms with Gasteiger partial charge in [0.2, 0.25) is 5.88 Å². The van der Waals surface area contributed by atoms with E-state index in [1.165, 1.54) is 12.4 Å². The van der Waals surface area contributed by atoms with Gasteiger partial charge in [0.15, 0.2) is 5.69 Å². The summed E-state index contributed by atoms with van der Waals surface area (Å²) in [6.07, 6.45) is 5.24. The zero-order chi connectivity index (χ0) is 19.1. The van der Waals surface area contributed by atoms with E-state index in [1.807, 2.05) is 0 Å². The molecule has 1 fully saturated rings. The molecular formula is C17H17N7O2S. The van der Waals surface area contributed by atoms with Crippen LogP contribution in [0.5, 0.6) is 5.88 Å². The Morgan fingerprint density at radius 2 is 2.48 bits per heavy atom. The number of anilines is 1. The highest BCUT2D eigenvalue weighted by Crippen LogP contribution is 2.23. The minimum Gasteiger partial charge on any atom is -0.472 e. The van der Waals surface area contributed by atoms with Crippen molar-refractivity contribution in [1.82, 2.24) is 14.3 Å². The molecule has 1 saturated heterocycles. The first-order valence-corrected chi connectivity index (χ1v) is 9.09. The van der Waals surface area contributed by atoms with E-state index >= 15 is 0 Å². The fourth-order valence-electron chi connectivity index (χ4n) is 2.70. The number of likely N-dealkylation sites (tertiary alicyclic amines) is 1. The van der Waals surface area contributed by atoms with Gasteiger partial charge in [0, 0.05) is 30.4 Å². The highest BCUT2D eigenvalue weighted by molar-refractivity contribution is 7.04. The minimum absolute atomic E-state index is 0.198. The van der Waals surface area contributed by atoms with Crippen molar-refractivity contribution in [3.63, 3.8) is 0 Å². The van der Waals surface area contributed by atoms with Crippen LogP contribution in [0.2, 0.25) is 0 Å². The second-order valence-corrected chi connectivity index (χ2v) is 6.39. The van der Waals surface area contributed by atoms with Gasteiger partial charge in [-0.05, 0) is 30.4 Å². The summed E-state index contributed by atoms with van der Waals surface area (Å²) >= 11 is 1.16. The fourth-order valence-corrected chi connectivity index (χ4v) is 3.30. The van der Waals surface area contributed by atoms with Crippen LogP contribution in [0.15, 0.2) is 28.8 Å². The Morgan fingerprint density at radius 1 is 1.59 bits per heavy atom. The summed E-state index contributed by atoms with van der Waals surface area (Å²) in [7, 11) is 0. The van der Waals surface area contributed by atoms with Crippen molar-refractivity contribution in [3.8, 4) is 11.9 Å². The van der Waals surface area contributed by atoms with Crippen molar-refractivity contribution in [2.45, 2.75) is 18.9 Å². The van der Waals surface area contributed by atoms with Gasteiger partial charge < -0.3 is 15.0 Å². The molecule has 0 aliphatic carbocycles. The third-order valence-electron chi connectivity index (χ3n) is 3.92. The third-order valence-corrected chi connectivity index (χ3v) is 4.55. The molecule has 0 bridgehead atoms. The van der Waals surface area contributed by atoms with Crippen LogP contribution in [0.25, 0.3) is 0 Å². The first-order chi connectivity index (χ1) is 13.2. The molecule has 0 spiro atoms. The van der Waals surface area contributed by atoms with Gasteiger partial charge in [-0.15, -0.1) is 0 Å². The number of rotatable bonds is 6. The van der Waals surface area contributed by atoms with Crippen molar-refractivity contribution in [2.24, 2.45) is 5.10 Å². The Balaban J connectivity index is 1.66. The molecule has 0 radical (unpaired) electrons. The first kappa shape index (κ1) is 18.5. The molecule has 3 heterocycles. The van der Waals surface area contributed by atoms with E-state index in [0.717, 1.165) is 30.6 Å². The third kappa shape index (κ3) is 4.65. The van der Waals surface area contributed by atoms with Crippen LogP contribution in [-0.4, -0.2) is 51.8 Å². The van der Waals surface area contributed by atoms with Gasteiger partial charge in [-0.25, -0.2) is 4.98 Å². The molecule has 1 aliphatic rings. The van der Waals surface area contributed by atoms with Gasteiger partial charge in [-0.3, -0.25) is 10.2 Å². The molecule has 2 aromatic heterocycles. The van der Waals surface area contributed by atoms with Gasteiger partial charge in [0.25, 0.3) is 5.91 Å². The Morgan fingerprint density at radius 3 is 3.30 bits per heavy atom. The van der Waals surface area contributed by atoms with Crippen LogP contribution in [-0.2, 0) is 0 Å². The summed E-state index contributed by atoms with van der Waals surface area (Å²) in [5.74, 6) is 0.182. The number of piperidine rings is 1. The minimum atomic E-state index is -0.199. The van der Waals surface area contributed by atoms with E-state index in [2.05, 4.69) is 26.0 Å². The maximum Gasteiger partial charge on any atom is 0.275 e. The lowest BCUT2D eigenvalue weighted by atomic mass is 10.1. The van der Waals surface area contributed by atoms with Crippen molar-refractivity contribution in [1.29, 1.82) is 10.7 Å². The number of nitrogens with one attached hydrogen (secondary N) is 2. The van der Waals surface area contributed by atoms with Gasteiger partial charge in [0.1, 0.15) is 6.10 Å². The first-order valence-electron chi connectivity index (χ1n) is 8.26. The molecule has 138 valence electrons. The average Bonchev–Trinajstić information content (AvgIpc) is 3.16. The summed E-state index contributed by atoms with van der Waals surface area (Å²) < 4.78 is 10.0. The van der Waals surface area contributed by atoms with Crippen LogP contribution >= 0.6 is 11.5 Å². The van der Waals surface area contributed by atoms with Crippen LogP contribution < -0.4 is 10.2 Å². The van der Waals surface area contributed by atoms with Crippen molar-refractivity contribution in [2.75, 3.05) is 18.5 Å². The van der Waals surface area contributed by atoms with Crippen LogP contribution in [0.3, 0.4) is 0 Å². The van der Waals surface area contributed by atoms with Crippen molar-refractivity contribution >= 4 is 35.6 Å². The van der Waals surface area contributed by atoms with E-state index in [-0.39, 0.29) is 12.0 Å². The summed E-state index contributed by atoms with van der Waals surface area (Å²) in [6, 6.07) is 5.25. The van der Waals surface area contributed by atoms with Crippen LogP contribution in [0, 0.1) is 16.7 Å². The molecule has 1 atom stereocenters. The normalized spacial score (nSPS) is 16.7. The molecule has 1 aliphatic heterocycles. The molecule has 3 rings (SSSR count). The lowest BCUT2D eigenvalue weighted by Gasteiger charge is -2.32. The smallest absolute Gasteiger partial charge is 0.275 e. The highest BCUT2D eigenvalue weighted by atomic mass is 32.1. The number of pyridine rings is 1. The number of amides is 1. The van der Waals surface area contributed by atoms with Gasteiger partial charge in [-0.1, -0.05) is 0 Å². The molecule has 2 aromatic rings. The number of ether oxygens (including phenoxy) is 1. The van der Waals surface area contributed by atoms with Crippen molar-refractivity contribution < 1.29 is 9.53 Å². The van der Waals surface area contributed by atoms with E-state index in [9.17, 15) is 4.79 Å². The van der Waals surface area contributed by atoms with Gasteiger partial charge in [0.05, 0.1) is 30.1 Å². The second kappa shape index (κ2) is 8.86. The number of hydrazone groups is 1. The maximum atomic E-state index is 12.8. The largest absolute Gasteiger partial charge is 0.472 e. The second-order valence-electron chi connectivity index (χ2n) is 5.76. The zero-order valence-corrected chi connectivity index (χ0v) is 15.1. The van der Waals surface area contributed by atoms with E-state index in [1.54, 1.807) is 22.4 Å². The number of carbonyl (C=O) groups excluding carboxylic acids is 1. The fraction of sp³-hybridized carbons (Fsp3) is 0.294. The number of carbonyl (C=O) groups is 1. The SMILES string of the molecule is N#Cc1ccnc(O[C@@H]2CCCN(C(=O)c3nscc3N/N=C\C=N)C2)c1. The summed E-state index contributed by atoms with van der Waals surface area (Å²) in [5.41, 5.74) is 4.01. The number of nitrogens with zero attached hydrogens (tertiary/aromatic N) is 5. The number of nitriles is 1. The van der Waals surface area contributed by atoms with E-state index in [0.29, 0.717) is 35.9 Å². The average molecular weight is 383 g/mol. The number of hydrogen-bond donors (Lipinski definition) is 2. The molecular weight excluding hydrogens is 366 g/mol. The van der Waals surface area contributed by atoms with Gasteiger partial charge in [-0.2, -0.15) is 14.7 Å². The lowest BCUT2D eigenvalue weighted by molar-refractivity contribution is 0.0524. The Hall–Kier alpha value is -3.32. The molecule has 0 saturated carbocycles. The zero-order valence-electron chi connectivity index (χ0n) is 14.3. The van der Waals surface area contributed by atoms with E-state index in [4.69, 9.17) is 15.4 Å². The predicted molar refractivity (Wildman–Crippen MR) is 102 cm³/mol. The predicted octanol–water partition coefficient (Wildman–Crippen LogP) is 2.14. The monoisotopic (exact) mass is 383 g/mol. The quantitative estimate of drug-likeness (QED) is 0.581. The molecule has 2 N–H and O–H groups in total. The summed E-state index contributed by atoms with van der Waals surface area (Å²) in [5, 5.41) is 21.4. The maximum absolute atomic E-state index is 12.8. The molecule has 10 heteroatoms.